The Hall–Kier alpha value is -3.79. The van der Waals surface area contributed by atoms with Gasteiger partial charge in [-0.05, 0) is 56.2 Å². The number of imide groups is 1. The third-order valence-electron chi connectivity index (χ3n) is 6.15. The van der Waals surface area contributed by atoms with Crippen LogP contribution in [-0.4, -0.2) is 60.6 Å². The number of hydrogen-bond donors (Lipinski definition) is 2. The fourth-order valence-corrected chi connectivity index (χ4v) is 4.71. The van der Waals surface area contributed by atoms with Crippen LogP contribution in [0, 0.1) is 5.92 Å². The lowest BCUT2D eigenvalue weighted by molar-refractivity contribution is -0.143. The van der Waals surface area contributed by atoms with Gasteiger partial charge in [-0.3, -0.25) is 19.8 Å². The molecule has 1 saturated heterocycles. The Morgan fingerprint density at radius 1 is 1.06 bits per heavy atom. The first-order valence-corrected chi connectivity index (χ1v) is 11.6. The molecule has 36 heavy (non-hydrogen) atoms. The number of benzene rings is 2. The highest BCUT2D eigenvalue weighted by atomic mass is 16.7. The molecule has 0 aliphatic carbocycles. The standard InChI is InChI=1S/C26H30N2O8/c1-26(2,3)36-25(32)27-21(29)13-28-12-18(16-7-10-19-20(11-16)35-14-34-19)22(24(30)31)23(28)15-5-8-17(33-4)9-6-15/h5-11,18,22-23H,12-14H2,1-4H3,(H,30,31)(H,27,29,32)/t18-,22+,23-/m1/s1. The van der Waals surface area contributed by atoms with E-state index >= 15 is 0 Å². The van der Waals surface area contributed by atoms with E-state index in [0.29, 0.717) is 17.2 Å². The minimum absolute atomic E-state index is 0.108. The smallest absolute Gasteiger partial charge is 0.414 e. The van der Waals surface area contributed by atoms with Crippen molar-refractivity contribution in [2.45, 2.75) is 38.3 Å². The molecule has 0 saturated carbocycles. The number of amides is 2. The largest absolute Gasteiger partial charge is 0.497 e. The molecule has 192 valence electrons. The summed E-state index contributed by atoms with van der Waals surface area (Å²) in [6.45, 7) is 5.28. The summed E-state index contributed by atoms with van der Waals surface area (Å²) in [5, 5.41) is 12.6. The second-order valence-corrected chi connectivity index (χ2v) is 9.78. The lowest BCUT2D eigenvalue weighted by Gasteiger charge is -2.27. The predicted octanol–water partition coefficient (Wildman–Crippen LogP) is 3.32. The van der Waals surface area contributed by atoms with Crippen molar-refractivity contribution in [3.8, 4) is 17.2 Å². The van der Waals surface area contributed by atoms with Crippen molar-refractivity contribution in [1.29, 1.82) is 0 Å². The Morgan fingerprint density at radius 3 is 2.36 bits per heavy atom. The lowest BCUT2D eigenvalue weighted by atomic mass is 9.82. The van der Waals surface area contributed by atoms with Crippen molar-refractivity contribution in [3.63, 3.8) is 0 Å². The Bertz CT molecular complexity index is 1140. The molecule has 2 heterocycles. The van der Waals surface area contributed by atoms with E-state index in [1.165, 1.54) is 0 Å². The number of carboxylic acid groups (broad SMARTS) is 1. The van der Waals surface area contributed by atoms with Gasteiger partial charge in [0.15, 0.2) is 11.5 Å². The van der Waals surface area contributed by atoms with Gasteiger partial charge in [0.2, 0.25) is 12.7 Å². The van der Waals surface area contributed by atoms with E-state index in [9.17, 15) is 19.5 Å². The van der Waals surface area contributed by atoms with Crippen molar-refractivity contribution in [1.82, 2.24) is 10.2 Å². The minimum atomic E-state index is -0.992. The normalized spacial score (nSPS) is 21.2. The lowest BCUT2D eigenvalue weighted by Crippen LogP contribution is -2.42. The van der Waals surface area contributed by atoms with Crippen molar-refractivity contribution >= 4 is 18.0 Å². The molecule has 2 aliphatic heterocycles. The summed E-state index contributed by atoms with van der Waals surface area (Å²) in [6.07, 6.45) is -0.852. The number of nitrogens with zero attached hydrogens (tertiary/aromatic N) is 1. The molecule has 2 N–H and O–H groups in total. The highest BCUT2D eigenvalue weighted by Gasteiger charge is 2.48. The molecular weight excluding hydrogens is 468 g/mol. The Labute approximate surface area is 209 Å². The van der Waals surface area contributed by atoms with E-state index in [1.54, 1.807) is 69.2 Å². The zero-order chi connectivity index (χ0) is 26.0. The summed E-state index contributed by atoms with van der Waals surface area (Å²) >= 11 is 0. The SMILES string of the molecule is COc1ccc([C@@H]2[C@@H](C(=O)O)[C@@H](c3ccc4c(c3)OCO4)CN2CC(=O)NC(=O)OC(C)(C)C)cc1. The molecule has 4 rings (SSSR count). The number of carbonyl (C=O) groups is 3. The molecule has 0 bridgehead atoms. The maximum Gasteiger partial charge on any atom is 0.414 e. The molecule has 0 radical (unpaired) electrons. The van der Waals surface area contributed by atoms with E-state index < -0.39 is 41.4 Å². The van der Waals surface area contributed by atoms with Gasteiger partial charge in [-0.1, -0.05) is 18.2 Å². The van der Waals surface area contributed by atoms with Gasteiger partial charge in [-0.25, -0.2) is 4.79 Å². The third kappa shape index (κ3) is 5.54. The number of nitrogens with one attached hydrogen (secondary N) is 1. The highest BCUT2D eigenvalue weighted by Crippen LogP contribution is 2.47. The van der Waals surface area contributed by atoms with Gasteiger partial charge >= 0.3 is 12.1 Å². The molecule has 3 atom stereocenters. The van der Waals surface area contributed by atoms with Gasteiger partial charge < -0.3 is 24.1 Å². The molecular formula is C26H30N2O8. The summed E-state index contributed by atoms with van der Waals surface area (Å²) in [4.78, 5) is 39.3. The second-order valence-electron chi connectivity index (χ2n) is 9.78. The molecule has 2 aliphatic rings. The van der Waals surface area contributed by atoms with E-state index in [1.807, 2.05) is 6.07 Å². The van der Waals surface area contributed by atoms with Crippen LogP contribution in [0.15, 0.2) is 42.5 Å². The first kappa shape index (κ1) is 25.3. The van der Waals surface area contributed by atoms with Crippen LogP contribution in [-0.2, 0) is 14.3 Å². The number of ether oxygens (including phenoxy) is 4. The monoisotopic (exact) mass is 498 g/mol. The number of carbonyl (C=O) groups excluding carboxylic acids is 2. The molecule has 0 unspecified atom stereocenters. The van der Waals surface area contributed by atoms with Gasteiger partial charge in [-0.15, -0.1) is 0 Å². The topological polar surface area (TPSA) is 124 Å². The predicted molar refractivity (Wildman–Crippen MR) is 128 cm³/mol. The molecule has 2 aromatic carbocycles. The molecule has 10 heteroatoms. The van der Waals surface area contributed by atoms with Crippen LogP contribution in [0.5, 0.6) is 17.2 Å². The Balaban J connectivity index is 1.64. The van der Waals surface area contributed by atoms with Crippen LogP contribution in [0.1, 0.15) is 43.9 Å². The van der Waals surface area contributed by atoms with Crippen LogP contribution in [0.25, 0.3) is 0 Å². The maximum atomic E-state index is 12.8. The Morgan fingerprint density at radius 2 is 1.72 bits per heavy atom. The van der Waals surface area contributed by atoms with E-state index in [-0.39, 0.29) is 19.9 Å². The molecule has 2 aromatic rings. The van der Waals surface area contributed by atoms with Crippen molar-refractivity contribution in [3.05, 3.63) is 53.6 Å². The average Bonchev–Trinajstić information content (AvgIpc) is 3.41. The first-order valence-electron chi connectivity index (χ1n) is 11.6. The molecule has 1 fully saturated rings. The number of aliphatic carboxylic acids is 1. The fourth-order valence-electron chi connectivity index (χ4n) is 4.71. The van der Waals surface area contributed by atoms with Crippen LogP contribution in [0.3, 0.4) is 0 Å². The molecule has 0 aromatic heterocycles. The summed E-state index contributed by atoms with van der Waals surface area (Å²) in [5.41, 5.74) is 0.722. The van der Waals surface area contributed by atoms with Gasteiger partial charge in [0.25, 0.3) is 0 Å². The van der Waals surface area contributed by atoms with Crippen molar-refractivity contribution < 1.29 is 38.4 Å². The average molecular weight is 499 g/mol. The van der Waals surface area contributed by atoms with Crippen molar-refractivity contribution in [2.75, 3.05) is 27.0 Å². The number of methoxy groups -OCH3 is 1. The van der Waals surface area contributed by atoms with Gasteiger partial charge in [-0.2, -0.15) is 0 Å². The quantitative estimate of drug-likeness (QED) is 0.617. The fraction of sp³-hybridized carbons (Fsp3) is 0.423. The minimum Gasteiger partial charge on any atom is -0.497 e. The van der Waals surface area contributed by atoms with Gasteiger partial charge in [0.05, 0.1) is 19.6 Å². The first-order chi connectivity index (χ1) is 17.1. The molecule has 10 nitrogen and oxygen atoms in total. The summed E-state index contributed by atoms with van der Waals surface area (Å²) in [5.74, 6) is -1.11. The Kier molecular flexibility index (Phi) is 7.07. The van der Waals surface area contributed by atoms with E-state index in [4.69, 9.17) is 18.9 Å². The summed E-state index contributed by atoms with van der Waals surface area (Å²) in [7, 11) is 1.55. The number of carboxylic acids is 1. The van der Waals surface area contributed by atoms with Crippen molar-refractivity contribution in [2.24, 2.45) is 5.92 Å². The molecule has 0 spiro atoms. The number of hydrogen-bond acceptors (Lipinski definition) is 8. The van der Waals surface area contributed by atoms with E-state index in [0.717, 1.165) is 11.1 Å². The third-order valence-corrected chi connectivity index (χ3v) is 6.15. The van der Waals surface area contributed by atoms with Crippen LogP contribution in [0.4, 0.5) is 4.79 Å². The van der Waals surface area contributed by atoms with Crippen LogP contribution in [0.2, 0.25) is 0 Å². The molecule has 2 amide bonds. The second kappa shape index (κ2) is 10.1. The highest BCUT2D eigenvalue weighted by molar-refractivity contribution is 5.93. The number of rotatable bonds is 6. The number of likely N-dealkylation sites (tertiary alicyclic amines) is 1. The van der Waals surface area contributed by atoms with E-state index in [2.05, 4.69) is 5.32 Å². The summed E-state index contributed by atoms with van der Waals surface area (Å²) < 4.78 is 21.3. The maximum absolute atomic E-state index is 12.8. The van der Waals surface area contributed by atoms with Gasteiger partial charge in [0.1, 0.15) is 11.4 Å². The van der Waals surface area contributed by atoms with Gasteiger partial charge in [0, 0.05) is 18.5 Å². The number of alkyl carbamates (subject to hydrolysis) is 1. The zero-order valence-electron chi connectivity index (χ0n) is 20.6. The number of fused-ring (bicyclic) bond motifs is 1. The van der Waals surface area contributed by atoms with Crippen LogP contribution < -0.4 is 19.5 Å². The van der Waals surface area contributed by atoms with Crippen LogP contribution >= 0.6 is 0 Å². The summed E-state index contributed by atoms with van der Waals surface area (Å²) in [6, 6.07) is 11.8. The zero-order valence-corrected chi connectivity index (χ0v) is 20.6.